The van der Waals surface area contributed by atoms with Crippen LogP contribution in [0.15, 0.2) is 42.6 Å². The van der Waals surface area contributed by atoms with E-state index < -0.39 is 0 Å². The van der Waals surface area contributed by atoms with Crippen molar-refractivity contribution in [2.45, 2.75) is 12.8 Å². The van der Waals surface area contributed by atoms with E-state index in [1.807, 2.05) is 48.2 Å². The zero-order chi connectivity index (χ0) is 14.8. The molecule has 0 fully saturated rings. The molecule has 0 bridgehead atoms. The Morgan fingerprint density at radius 3 is 2.86 bits per heavy atom. The fraction of sp³-hybridized carbons (Fsp3) is 0.294. The van der Waals surface area contributed by atoms with Crippen LogP contribution in [0.5, 0.6) is 0 Å². The summed E-state index contributed by atoms with van der Waals surface area (Å²) in [6.07, 6.45) is 3.74. The van der Waals surface area contributed by atoms with Gasteiger partial charge in [-0.3, -0.25) is 4.79 Å². The third kappa shape index (κ3) is 2.61. The average molecular weight is 281 g/mol. The molecule has 4 nitrogen and oxygen atoms in total. The van der Waals surface area contributed by atoms with Crippen molar-refractivity contribution in [3.8, 4) is 0 Å². The minimum absolute atomic E-state index is 0.0488. The zero-order valence-corrected chi connectivity index (χ0v) is 12.4. The number of para-hydroxylation sites is 1. The molecular weight excluding hydrogens is 262 g/mol. The molecule has 0 N–H and O–H groups in total. The van der Waals surface area contributed by atoms with Gasteiger partial charge in [0.2, 0.25) is 0 Å². The van der Waals surface area contributed by atoms with E-state index in [-0.39, 0.29) is 5.91 Å². The number of carbonyl (C=O) groups is 1. The highest BCUT2D eigenvalue weighted by molar-refractivity contribution is 6.07. The van der Waals surface area contributed by atoms with Crippen LogP contribution in [0.4, 0.5) is 11.5 Å². The predicted molar refractivity (Wildman–Crippen MR) is 85.0 cm³/mol. The molecule has 3 rings (SSSR count). The third-order valence-electron chi connectivity index (χ3n) is 3.81. The van der Waals surface area contributed by atoms with Crippen molar-refractivity contribution in [3.05, 3.63) is 53.7 Å². The van der Waals surface area contributed by atoms with Crippen LogP contribution in [0.2, 0.25) is 0 Å². The quantitative estimate of drug-likeness (QED) is 0.849. The van der Waals surface area contributed by atoms with Crippen molar-refractivity contribution in [1.29, 1.82) is 0 Å². The standard InChI is InChI=1S/C17H19N3O/c1-19(2)16-12-14(9-10-18-16)17(21)20-11-5-7-13-6-3-4-8-15(13)20/h3-4,6,8-10,12H,5,7,11H2,1-2H3. The molecular formula is C17H19N3O. The Labute approximate surface area is 125 Å². The smallest absolute Gasteiger partial charge is 0.258 e. The number of hydrogen-bond acceptors (Lipinski definition) is 3. The maximum atomic E-state index is 12.8. The van der Waals surface area contributed by atoms with Crippen LogP contribution in [-0.2, 0) is 6.42 Å². The van der Waals surface area contributed by atoms with Crippen LogP contribution < -0.4 is 9.80 Å². The fourth-order valence-corrected chi connectivity index (χ4v) is 2.70. The van der Waals surface area contributed by atoms with E-state index in [0.29, 0.717) is 5.56 Å². The number of hydrogen-bond donors (Lipinski definition) is 0. The maximum Gasteiger partial charge on any atom is 0.258 e. The minimum atomic E-state index is 0.0488. The first-order valence-corrected chi connectivity index (χ1v) is 7.20. The first-order valence-electron chi connectivity index (χ1n) is 7.20. The number of pyridine rings is 1. The van der Waals surface area contributed by atoms with Crippen molar-refractivity contribution in [3.63, 3.8) is 0 Å². The molecule has 21 heavy (non-hydrogen) atoms. The normalized spacial score (nSPS) is 13.7. The second-order valence-electron chi connectivity index (χ2n) is 5.49. The lowest BCUT2D eigenvalue weighted by Gasteiger charge is -2.29. The highest BCUT2D eigenvalue weighted by Gasteiger charge is 2.23. The van der Waals surface area contributed by atoms with Gasteiger partial charge in [-0.15, -0.1) is 0 Å². The van der Waals surface area contributed by atoms with Crippen LogP contribution in [0, 0.1) is 0 Å². The van der Waals surface area contributed by atoms with Gasteiger partial charge in [-0.2, -0.15) is 0 Å². The summed E-state index contributed by atoms with van der Waals surface area (Å²) in [7, 11) is 3.85. The zero-order valence-electron chi connectivity index (χ0n) is 12.4. The summed E-state index contributed by atoms with van der Waals surface area (Å²) in [6.45, 7) is 0.773. The summed E-state index contributed by atoms with van der Waals surface area (Å²) in [4.78, 5) is 20.9. The van der Waals surface area contributed by atoms with Crippen LogP contribution in [0.3, 0.4) is 0 Å². The van der Waals surface area contributed by atoms with Gasteiger partial charge in [0, 0.05) is 38.1 Å². The molecule has 2 heterocycles. The molecule has 1 aliphatic rings. The van der Waals surface area contributed by atoms with Crippen LogP contribution in [0.1, 0.15) is 22.3 Å². The van der Waals surface area contributed by atoms with Crippen LogP contribution in [0.25, 0.3) is 0 Å². The van der Waals surface area contributed by atoms with Gasteiger partial charge < -0.3 is 9.80 Å². The Balaban J connectivity index is 1.95. The topological polar surface area (TPSA) is 36.4 Å². The van der Waals surface area contributed by atoms with E-state index in [2.05, 4.69) is 11.1 Å². The monoisotopic (exact) mass is 281 g/mol. The fourth-order valence-electron chi connectivity index (χ4n) is 2.70. The number of aryl methyl sites for hydroxylation is 1. The molecule has 0 spiro atoms. The summed E-state index contributed by atoms with van der Waals surface area (Å²) in [5.74, 6) is 0.846. The summed E-state index contributed by atoms with van der Waals surface area (Å²) in [5.41, 5.74) is 2.97. The van der Waals surface area contributed by atoms with E-state index in [9.17, 15) is 4.79 Å². The molecule has 0 saturated heterocycles. The van der Waals surface area contributed by atoms with E-state index >= 15 is 0 Å². The Hall–Kier alpha value is -2.36. The van der Waals surface area contributed by atoms with Crippen LogP contribution >= 0.6 is 0 Å². The average Bonchev–Trinajstić information content (AvgIpc) is 2.53. The number of carbonyl (C=O) groups excluding carboxylic acids is 1. The number of anilines is 2. The second-order valence-corrected chi connectivity index (χ2v) is 5.49. The summed E-state index contributed by atoms with van der Waals surface area (Å²) in [5, 5.41) is 0. The first kappa shape index (κ1) is 13.6. The highest BCUT2D eigenvalue weighted by Crippen LogP contribution is 2.28. The minimum Gasteiger partial charge on any atom is -0.363 e. The van der Waals surface area contributed by atoms with Gasteiger partial charge in [0.05, 0.1) is 0 Å². The molecule has 0 saturated carbocycles. The SMILES string of the molecule is CN(C)c1cc(C(=O)N2CCCc3ccccc32)ccn1. The first-order chi connectivity index (χ1) is 10.2. The van der Waals surface area contributed by atoms with E-state index in [1.165, 1.54) is 5.56 Å². The Kier molecular flexibility index (Phi) is 3.60. The Bertz CT molecular complexity index is 667. The highest BCUT2D eigenvalue weighted by atomic mass is 16.2. The third-order valence-corrected chi connectivity index (χ3v) is 3.81. The lowest BCUT2D eigenvalue weighted by atomic mass is 10.0. The number of aromatic nitrogens is 1. The maximum absolute atomic E-state index is 12.8. The van der Waals surface area contributed by atoms with Gasteiger partial charge in [-0.1, -0.05) is 18.2 Å². The molecule has 0 atom stereocenters. The van der Waals surface area contributed by atoms with Crippen molar-refractivity contribution in [2.24, 2.45) is 0 Å². The van der Waals surface area contributed by atoms with Gasteiger partial charge in [0.25, 0.3) is 5.91 Å². The van der Waals surface area contributed by atoms with Crippen molar-refractivity contribution < 1.29 is 4.79 Å². The summed E-state index contributed by atoms with van der Waals surface area (Å²) in [6, 6.07) is 11.8. The molecule has 2 aromatic rings. The second kappa shape index (κ2) is 5.56. The number of rotatable bonds is 2. The lowest BCUT2D eigenvalue weighted by molar-refractivity contribution is 0.0985. The largest absolute Gasteiger partial charge is 0.363 e. The van der Waals surface area contributed by atoms with Crippen molar-refractivity contribution in [2.75, 3.05) is 30.4 Å². The predicted octanol–water partition coefficient (Wildman–Crippen LogP) is 2.74. The lowest BCUT2D eigenvalue weighted by Crippen LogP contribution is -2.35. The molecule has 4 heteroatoms. The number of nitrogens with zero attached hydrogens (tertiary/aromatic N) is 3. The molecule has 1 aromatic heterocycles. The van der Waals surface area contributed by atoms with E-state index in [1.54, 1.807) is 12.3 Å². The van der Waals surface area contributed by atoms with Gasteiger partial charge in [0.15, 0.2) is 0 Å². The molecule has 0 unspecified atom stereocenters. The molecule has 1 aromatic carbocycles. The van der Waals surface area contributed by atoms with Gasteiger partial charge in [-0.05, 0) is 36.6 Å². The van der Waals surface area contributed by atoms with Crippen molar-refractivity contribution >= 4 is 17.4 Å². The van der Waals surface area contributed by atoms with Crippen molar-refractivity contribution in [1.82, 2.24) is 4.98 Å². The summed E-state index contributed by atoms with van der Waals surface area (Å²) < 4.78 is 0. The molecule has 0 radical (unpaired) electrons. The molecule has 1 amide bonds. The Morgan fingerprint density at radius 2 is 2.05 bits per heavy atom. The van der Waals surface area contributed by atoms with Crippen LogP contribution in [-0.4, -0.2) is 31.5 Å². The number of benzene rings is 1. The molecule has 1 aliphatic heterocycles. The molecule has 0 aliphatic carbocycles. The van der Waals surface area contributed by atoms with Gasteiger partial charge >= 0.3 is 0 Å². The number of amides is 1. The van der Waals surface area contributed by atoms with Gasteiger partial charge in [0.1, 0.15) is 5.82 Å². The van der Waals surface area contributed by atoms with E-state index in [0.717, 1.165) is 30.9 Å². The summed E-state index contributed by atoms with van der Waals surface area (Å²) >= 11 is 0. The number of fused-ring (bicyclic) bond motifs is 1. The van der Waals surface area contributed by atoms with E-state index in [4.69, 9.17) is 0 Å². The molecule has 108 valence electrons. The van der Waals surface area contributed by atoms with Gasteiger partial charge in [-0.25, -0.2) is 4.98 Å². The Morgan fingerprint density at radius 1 is 1.24 bits per heavy atom.